The second kappa shape index (κ2) is 6.97. The maximum absolute atomic E-state index is 10.7. The van der Waals surface area contributed by atoms with Crippen LogP contribution in [0.3, 0.4) is 0 Å². The third kappa shape index (κ3) is 4.64. The molecule has 3 heteroatoms. The van der Waals surface area contributed by atoms with Gasteiger partial charge in [-0.25, -0.2) is 0 Å². The third-order valence-electron chi connectivity index (χ3n) is 2.44. The number of rotatable bonds is 4. The normalized spacial score (nSPS) is 10.3. The fraction of sp³-hybridized carbons (Fsp3) is 0.125. The number of nitrogens with zero attached hydrogens (tertiary/aromatic N) is 1. The van der Waals surface area contributed by atoms with Gasteiger partial charge in [-0.2, -0.15) is 0 Å². The van der Waals surface area contributed by atoms with Gasteiger partial charge in [0.05, 0.1) is 4.92 Å². The van der Waals surface area contributed by atoms with Crippen LogP contribution in [0.15, 0.2) is 60.7 Å². The predicted octanol–water partition coefficient (Wildman–Crippen LogP) is 4.02. The average Bonchev–Trinajstić information content (AvgIpc) is 2.43. The Balaban J connectivity index is 3.02. The van der Waals surface area contributed by atoms with E-state index in [0.717, 1.165) is 17.6 Å². The van der Waals surface area contributed by atoms with Gasteiger partial charge in [-0.3, -0.25) is 10.1 Å². The van der Waals surface area contributed by atoms with Crippen LogP contribution in [0.4, 0.5) is 5.69 Å². The first-order chi connectivity index (χ1) is 9.06. The first-order valence-electron chi connectivity index (χ1n) is 5.85. The Kier molecular flexibility index (Phi) is 5.31. The van der Waals surface area contributed by atoms with E-state index < -0.39 is 4.92 Å². The molecule has 0 aliphatic heterocycles. The summed E-state index contributed by atoms with van der Waals surface area (Å²) in [6.45, 7) is 9.57. The highest BCUT2D eigenvalue weighted by Crippen LogP contribution is 2.12. The van der Waals surface area contributed by atoms with Crippen molar-refractivity contribution in [1.82, 2.24) is 0 Å². The Labute approximate surface area is 113 Å². The van der Waals surface area contributed by atoms with Crippen LogP contribution in [0.25, 0.3) is 0 Å². The molecule has 1 rings (SSSR count). The highest BCUT2D eigenvalue weighted by molar-refractivity contribution is 5.49. The second-order valence-electron chi connectivity index (χ2n) is 3.87. The molecule has 0 amide bonds. The highest BCUT2D eigenvalue weighted by Gasteiger charge is 2.03. The molecule has 96 valence electrons. The summed E-state index contributed by atoms with van der Waals surface area (Å²) in [5, 5.41) is 10.7. The maximum atomic E-state index is 10.7. The molecule has 1 aromatic carbocycles. The topological polar surface area (TPSA) is 43.1 Å². The van der Waals surface area contributed by atoms with Crippen LogP contribution in [0.1, 0.15) is 18.9 Å². The molecule has 0 saturated carbocycles. The lowest BCUT2D eigenvalue weighted by molar-refractivity contribution is -0.384. The van der Waals surface area contributed by atoms with Crippen molar-refractivity contribution in [1.29, 1.82) is 0 Å². The van der Waals surface area contributed by atoms with Crippen LogP contribution in [0.2, 0.25) is 0 Å². The minimum Gasteiger partial charge on any atom is -0.258 e. The first-order valence-corrected chi connectivity index (χ1v) is 5.85. The monoisotopic (exact) mass is 253 g/mol. The Morgan fingerprint density at radius 1 is 1.53 bits per heavy atom. The fourth-order valence-electron chi connectivity index (χ4n) is 1.31. The number of hydrogen-bond donors (Lipinski definition) is 0. The molecule has 0 aromatic heterocycles. The Bertz CT molecular complexity index is 601. The van der Waals surface area contributed by atoms with Crippen LogP contribution in [0, 0.1) is 22.0 Å². The third-order valence-corrected chi connectivity index (χ3v) is 2.44. The smallest absolute Gasteiger partial charge is 0.258 e. The van der Waals surface area contributed by atoms with Crippen LogP contribution in [0.5, 0.6) is 0 Å². The molecule has 0 heterocycles. The van der Waals surface area contributed by atoms with Crippen molar-refractivity contribution in [2.45, 2.75) is 13.3 Å². The van der Waals surface area contributed by atoms with Gasteiger partial charge in [0.2, 0.25) is 0 Å². The average molecular weight is 253 g/mol. The number of hydrogen-bond acceptors (Lipinski definition) is 2. The van der Waals surface area contributed by atoms with Gasteiger partial charge in [0.25, 0.3) is 5.69 Å². The quantitative estimate of drug-likeness (QED) is 0.352. The molecule has 0 spiro atoms. The largest absolute Gasteiger partial charge is 0.270 e. The van der Waals surface area contributed by atoms with E-state index in [0.29, 0.717) is 5.56 Å². The summed E-state index contributed by atoms with van der Waals surface area (Å²) < 4.78 is 0. The molecule has 0 saturated heterocycles. The summed E-state index contributed by atoms with van der Waals surface area (Å²) in [5.41, 5.74) is 2.35. The lowest BCUT2D eigenvalue weighted by atomic mass is 10.1. The number of nitro benzene ring substituents is 1. The van der Waals surface area contributed by atoms with E-state index in [4.69, 9.17) is 0 Å². The molecule has 0 unspecified atom stereocenters. The van der Waals surface area contributed by atoms with Gasteiger partial charge in [-0.1, -0.05) is 49.6 Å². The van der Waals surface area contributed by atoms with Crippen LogP contribution >= 0.6 is 0 Å². The summed E-state index contributed by atoms with van der Waals surface area (Å²) in [5.74, 6) is 5.81. The molecule has 0 aliphatic carbocycles. The summed E-state index contributed by atoms with van der Waals surface area (Å²) in [6, 6.07) is 6.23. The highest BCUT2D eigenvalue weighted by atomic mass is 16.6. The van der Waals surface area contributed by atoms with Crippen molar-refractivity contribution in [2.24, 2.45) is 0 Å². The zero-order chi connectivity index (χ0) is 14.3. The summed E-state index contributed by atoms with van der Waals surface area (Å²) in [4.78, 5) is 10.2. The van der Waals surface area contributed by atoms with E-state index in [1.807, 2.05) is 13.0 Å². The zero-order valence-corrected chi connectivity index (χ0v) is 10.8. The van der Waals surface area contributed by atoms with Gasteiger partial charge in [-0.05, 0) is 18.6 Å². The van der Waals surface area contributed by atoms with Crippen molar-refractivity contribution < 1.29 is 4.92 Å². The lowest BCUT2D eigenvalue weighted by Gasteiger charge is -1.94. The molecular weight excluding hydrogens is 238 g/mol. The van der Waals surface area contributed by atoms with Crippen molar-refractivity contribution >= 4 is 5.69 Å². The Morgan fingerprint density at radius 3 is 2.84 bits per heavy atom. The molecule has 0 N–H and O–H groups in total. The summed E-state index contributed by atoms with van der Waals surface area (Å²) >= 11 is 0. The van der Waals surface area contributed by atoms with E-state index in [2.05, 4.69) is 25.0 Å². The minimum atomic E-state index is -0.436. The first kappa shape index (κ1) is 14.5. The van der Waals surface area contributed by atoms with Gasteiger partial charge in [0.1, 0.15) is 0 Å². The molecule has 3 nitrogen and oxygen atoms in total. The zero-order valence-electron chi connectivity index (χ0n) is 10.8. The fourth-order valence-corrected chi connectivity index (χ4v) is 1.31. The number of allylic oxidation sites excluding steroid dienone is 4. The molecule has 0 radical (unpaired) electrons. The van der Waals surface area contributed by atoms with E-state index in [-0.39, 0.29) is 5.69 Å². The summed E-state index contributed by atoms with van der Waals surface area (Å²) in [7, 11) is 0. The van der Waals surface area contributed by atoms with Crippen molar-refractivity contribution in [3.05, 3.63) is 76.4 Å². The van der Waals surface area contributed by atoms with Crippen LogP contribution in [-0.2, 0) is 0 Å². The standard InChI is InChI=1S/C16H15NO2/c1-4-13(3)11-14(5-2)9-10-15-7-6-8-16(12-15)17(18)19/h5-8,11-12H,2-4H2,1H3/b14-11+. The Morgan fingerprint density at radius 2 is 2.26 bits per heavy atom. The van der Waals surface area contributed by atoms with Gasteiger partial charge in [0.15, 0.2) is 0 Å². The molecular formula is C16H15NO2. The number of benzene rings is 1. The van der Waals surface area contributed by atoms with Gasteiger partial charge in [-0.15, -0.1) is 0 Å². The molecule has 0 fully saturated rings. The molecule has 0 bridgehead atoms. The van der Waals surface area contributed by atoms with Crippen molar-refractivity contribution in [3.63, 3.8) is 0 Å². The Hall–Kier alpha value is -2.60. The lowest BCUT2D eigenvalue weighted by Crippen LogP contribution is -1.87. The van der Waals surface area contributed by atoms with E-state index in [1.165, 1.54) is 12.1 Å². The van der Waals surface area contributed by atoms with Gasteiger partial charge < -0.3 is 0 Å². The molecule has 0 atom stereocenters. The summed E-state index contributed by atoms with van der Waals surface area (Å²) in [6.07, 6.45) is 4.35. The van der Waals surface area contributed by atoms with E-state index in [1.54, 1.807) is 18.2 Å². The second-order valence-corrected chi connectivity index (χ2v) is 3.87. The SMILES string of the molecule is C=C/C(C#Cc1cccc([N+](=O)[O-])c1)=C\C(=C)CC. The van der Waals surface area contributed by atoms with Crippen molar-refractivity contribution in [3.8, 4) is 11.8 Å². The maximum Gasteiger partial charge on any atom is 0.270 e. The van der Waals surface area contributed by atoms with Gasteiger partial charge in [0, 0.05) is 23.3 Å². The van der Waals surface area contributed by atoms with Crippen LogP contribution in [-0.4, -0.2) is 4.92 Å². The van der Waals surface area contributed by atoms with Gasteiger partial charge >= 0.3 is 0 Å². The van der Waals surface area contributed by atoms with Crippen molar-refractivity contribution in [2.75, 3.05) is 0 Å². The predicted molar refractivity (Wildman–Crippen MR) is 77.7 cm³/mol. The van der Waals surface area contributed by atoms with E-state index in [9.17, 15) is 10.1 Å². The molecule has 19 heavy (non-hydrogen) atoms. The van der Waals surface area contributed by atoms with Crippen LogP contribution < -0.4 is 0 Å². The number of non-ortho nitro benzene ring substituents is 1. The molecule has 0 aliphatic rings. The van der Waals surface area contributed by atoms with E-state index >= 15 is 0 Å². The molecule has 1 aromatic rings. The minimum absolute atomic E-state index is 0.0360. The number of nitro groups is 1.